The van der Waals surface area contributed by atoms with Gasteiger partial charge in [0.05, 0.1) is 11.1 Å². The number of hydrogen-bond donors (Lipinski definition) is 0. The summed E-state index contributed by atoms with van der Waals surface area (Å²) in [6.07, 6.45) is 7.60. The fraction of sp³-hybridized carbons (Fsp3) is 0.136. The van der Waals surface area contributed by atoms with Gasteiger partial charge in [0, 0.05) is 41.5 Å². The van der Waals surface area contributed by atoms with Crippen molar-refractivity contribution in [2.75, 3.05) is 0 Å². The first-order valence-corrected chi connectivity index (χ1v) is 10.4. The molecule has 5 aromatic rings. The summed E-state index contributed by atoms with van der Waals surface area (Å²) in [5.74, 6) is 0. The number of rotatable bonds is 3. The predicted octanol–water partition coefficient (Wildman–Crippen LogP) is 4.21. The number of thiazole rings is 1. The van der Waals surface area contributed by atoms with Gasteiger partial charge in [-0.2, -0.15) is 4.40 Å². The Morgan fingerprint density at radius 1 is 1.17 bits per heavy atom. The van der Waals surface area contributed by atoms with Crippen LogP contribution in [0.3, 0.4) is 0 Å². The quantitative estimate of drug-likeness (QED) is 0.409. The SMILES string of the molecule is Cc1cccn2c(=O)c(-c3cn(C)c4ccccc34)c[n+](Cc3cnc(Cl)s3)c12. The van der Waals surface area contributed by atoms with E-state index >= 15 is 0 Å². The summed E-state index contributed by atoms with van der Waals surface area (Å²) in [7, 11) is 2.00. The van der Waals surface area contributed by atoms with Crippen molar-refractivity contribution in [2.45, 2.75) is 13.5 Å². The molecule has 0 unspecified atom stereocenters. The zero-order valence-electron chi connectivity index (χ0n) is 16.0. The Balaban J connectivity index is 1.82. The van der Waals surface area contributed by atoms with Crippen LogP contribution < -0.4 is 10.1 Å². The molecular formula is C22H18ClN4OS+. The number of benzene rings is 1. The van der Waals surface area contributed by atoms with Gasteiger partial charge < -0.3 is 4.57 Å². The molecule has 0 saturated heterocycles. The summed E-state index contributed by atoms with van der Waals surface area (Å²) in [6, 6.07) is 12.1. The highest BCUT2D eigenvalue weighted by molar-refractivity contribution is 7.15. The van der Waals surface area contributed by atoms with Crippen molar-refractivity contribution >= 4 is 39.5 Å². The van der Waals surface area contributed by atoms with E-state index in [1.54, 1.807) is 10.6 Å². The number of pyridine rings is 1. The molecule has 0 spiro atoms. The van der Waals surface area contributed by atoms with Crippen LogP contribution in [0.25, 0.3) is 27.7 Å². The Labute approximate surface area is 176 Å². The van der Waals surface area contributed by atoms with Gasteiger partial charge in [0.1, 0.15) is 18.3 Å². The standard InChI is InChI=1S/C22H18ClN4OS/c1-14-6-5-9-27-20(14)26(11-15-10-24-22(23)29-15)13-18(21(27)28)17-12-25(2)19-8-4-3-7-16(17)19/h3-10,12-13H,11H2,1-2H3/q+1. The molecule has 4 heterocycles. The molecule has 0 bridgehead atoms. The first-order chi connectivity index (χ1) is 14.0. The van der Waals surface area contributed by atoms with Crippen LogP contribution in [0.1, 0.15) is 10.4 Å². The molecule has 29 heavy (non-hydrogen) atoms. The molecule has 0 aliphatic carbocycles. The van der Waals surface area contributed by atoms with E-state index in [9.17, 15) is 4.79 Å². The molecule has 0 amide bonds. The second kappa shape index (κ2) is 6.83. The molecule has 0 fully saturated rings. The van der Waals surface area contributed by atoms with Crippen LogP contribution in [-0.4, -0.2) is 14.0 Å². The van der Waals surface area contributed by atoms with E-state index in [1.807, 2.05) is 56.8 Å². The van der Waals surface area contributed by atoms with Gasteiger partial charge in [-0.25, -0.2) is 14.3 Å². The van der Waals surface area contributed by atoms with Crippen LogP contribution in [0, 0.1) is 6.92 Å². The van der Waals surface area contributed by atoms with E-state index in [0.717, 1.165) is 32.6 Å². The third kappa shape index (κ3) is 2.96. The molecule has 0 aliphatic heterocycles. The summed E-state index contributed by atoms with van der Waals surface area (Å²) in [5, 5.41) is 1.06. The number of nitrogens with zero attached hydrogens (tertiary/aromatic N) is 4. The lowest BCUT2D eigenvalue weighted by atomic mass is 10.1. The van der Waals surface area contributed by atoms with Gasteiger partial charge in [-0.15, -0.1) is 11.3 Å². The molecule has 0 N–H and O–H groups in total. The Bertz CT molecular complexity index is 1450. The summed E-state index contributed by atoms with van der Waals surface area (Å²) in [6.45, 7) is 2.61. The Hall–Kier alpha value is -2.96. The van der Waals surface area contributed by atoms with Gasteiger partial charge in [0.2, 0.25) is 0 Å². The second-order valence-corrected chi connectivity index (χ2v) is 8.81. The summed E-state index contributed by atoms with van der Waals surface area (Å²) in [5.41, 5.74) is 4.56. The van der Waals surface area contributed by atoms with Crippen molar-refractivity contribution in [3.63, 3.8) is 0 Å². The lowest BCUT2D eigenvalue weighted by molar-refractivity contribution is -0.665. The minimum absolute atomic E-state index is 0.0290. The highest BCUT2D eigenvalue weighted by Gasteiger charge is 2.22. The van der Waals surface area contributed by atoms with Crippen molar-refractivity contribution in [1.82, 2.24) is 14.0 Å². The number of halogens is 1. The van der Waals surface area contributed by atoms with E-state index in [-0.39, 0.29) is 5.56 Å². The molecule has 0 radical (unpaired) electrons. The number of aryl methyl sites for hydroxylation is 2. The lowest BCUT2D eigenvalue weighted by Gasteiger charge is -2.07. The summed E-state index contributed by atoms with van der Waals surface area (Å²) in [4.78, 5) is 18.6. The predicted molar refractivity (Wildman–Crippen MR) is 117 cm³/mol. The first kappa shape index (κ1) is 18.1. The van der Waals surface area contributed by atoms with Gasteiger partial charge in [-0.05, 0) is 25.1 Å². The van der Waals surface area contributed by atoms with E-state index in [0.29, 0.717) is 16.6 Å². The average Bonchev–Trinajstić information content (AvgIpc) is 3.27. The van der Waals surface area contributed by atoms with Gasteiger partial charge in [-0.1, -0.05) is 29.8 Å². The molecule has 0 aliphatic rings. The zero-order valence-corrected chi connectivity index (χ0v) is 17.5. The second-order valence-electron chi connectivity index (χ2n) is 7.11. The summed E-state index contributed by atoms with van der Waals surface area (Å²) >= 11 is 7.49. The maximum atomic E-state index is 13.5. The highest BCUT2D eigenvalue weighted by atomic mass is 35.5. The third-order valence-corrected chi connectivity index (χ3v) is 6.31. The smallest absolute Gasteiger partial charge is 0.350 e. The highest BCUT2D eigenvalue weighted by Crippen LogP contribution is 2.28. The maximum absolute atomic E-state index is 13.5. The number of fused-ring (bicyclic) bond motifs is 2. The number of aromatic nitrogens is 4. The number of hydrogen-bond acceptors (Lipinski definition) is 3. The van der Waals surface area contributed by atoms with Gasteiger partial charge in [0.25, 0.3) is 5.65 Å². The van der Waals surface area contributed by atoms with Crippen LogP contribution in [-0.2, 0) is 13.6 Å². The van der Waals surface area contributed by atoms with E-state index in [1.165, 1.54) is 11.3 Å². The van der Waals surface area contributed by atoms with Crippen molar-refractivity contribution in [2.24, 2.45) is 7.05 Å². The van der Waals surface area contributed by atoms with Crippen LogP contribution in [0.5, 0.6) is 0 Å². The van der Waals surface area contributed by atoms with Crippen molar-refractivity contribution < 1.29 is 4.57 Å². The molecule has 4 aromatic heterocycles. The molecule has 0 atom stereocenters. The van der Waals surface area contributed by atoms with Gasteiger partial charge in [-0.3, -0.25) is 0 Å². The van der Waals surface area contributed by atoms with Gasteiger partial charge in [0.15, 0.2) is 4.47 Å². The van der Waals surface area contributed by atoms with Crippen molar-refractivity contribution in [3.8, 4) is 11.1 Å². The van der Waals surface area contributed by atoms with Crippen LogP contribution in [0.4, 0.5) is 0 Å². The van der Waals surface area contributed by atoms with Gasteiger partial charge >= 0.3 is 5.56 Å². The molecule has 1 aromatic carbocycles. The van der Waals surface area contributed by atoms with Crippen LogP contribution in [0.15, 0.2) is 66.0 Å². The minimum atomic E-state index is -0.0290. The first-order valence-electron chi connectivity index (χ1n) is 9.22. The minimum Gasteiger partial charge on any atom is -0.350 e. The monoisotopic (exact) mass is 421 g/mol. The third-order valence-electron chi connectivity index (χ3n) is 5.21. The maximum Gasteiger partial charge on any atom is 0.350 e. The summed E-state index contributed by atoms with van der Waals surface area (Å²) < 4.78 is 6.42. The average molecular weight is 422 g/mol. The molecule has 144 valence electrons. The number of para-hydroxylation sites is 1. The molecular weight excluding hydrogens is 404 g/mol. The Kier molecular flexibility index (Phi) is 4.26. The van der Waals surface area contributed by atoms with Crippen LogP contribution in [0.2, 0.25) is 4.47 Å². The van der Waals surface area contributed by atoms with E-state index < -0.39 is 0 Å². The zero-order chi connectivity index (χ0) is 20.1. The van der Waals surface area contributed by atoms with Crippen molar-refractivity contribution in [1.29, 1.82) is 0 Å². The molecule has 5 nitrogen and oxygen atoms in total. The fourth-order valence-corrected chi connectivity index (χ4v) is 4.90. The molecule has 0 saturated carbocycles. The Morgan fingerprint density at radius 3 is 2.79 bits per heavy atom. The Morgan fingerprint density at radius 2 is 2.00 bits per heavy atom. The lowest BCUT2D eigenvalue weighted by Crippen LogP contribution is -2.41. The van der Waals surface area contributed by atoms with Crippen LogP contribution >= 0.6 is 22.9 Å². The van der Waals surface area contributed by atoms with Crippen molar-refractivity contribution in [3.05, 3.63) is 86.4 Å². The van der Waals surface area contributed by atoms with E-state index in [2.05, 4.69) is 26.3 Å². The topological polar surface area (TPSA) is 43.2 Å². The molecule has 5 rings (SSSR count). The normalized spacial score (nSPS) is 11.6. The largest absolute Gasteiger partial charge is 0.350 e. The van der Waals surface area contributed by atoms with E-state index in [4.69, 9.17) is 11.6 Å². The molecule has 7 heteroatoms. The fourth-order valence-electron chi connectivity index (χ4n) is 3.93.